The molecule has 4 heteroatoms. The average molecular weight is 246 g/mol. The van der Waals surface area contributed by atoms with E-state index in [0.29, 0.717) is 13.2 Å². The zero-order chi connectivity index (χ0) is 13.0. The van der Waals surface area contributed by atoms with Crippen LogP contribution in [0.3, 0.4) is 0 Å². The monoisotopic (exact) mass is 246 g/mol. The van der Waals surface area contributed by atoms with Crippen LogP contribution in [0, 0.1) is 11.3 Å². The molecule has 0 amide bonds. The fourth-order valence-electron chi connectivity index (χ4n) is 2.25. The van der Waals surface area contributed by atoms with Gasteiger partial charge in [0.2, 0.25) is 0 Å². The molecule has 1 aliphatic rings. The predicted molar refractivity (Wildman–Crippen MR) is 68.4 cm³/mol. The molecule has 96 valence electrons. The van der Waals surface area contributed by atoms with E-state index in [-0.39, 0.29) is 0 Å². The number of nitriles is 1. The molecule has 1 heterocycles. The van der Waals surface area contributed by atoms with Crippen molar-refractivity contribution in [3.05, 3.63) is 29.8 Å². The summed E-state index contributed by atoms with van der Waals surface area (Å²) in [5.74, 6) is 0.780. The van der Waals surface area contributed by atoms with Gasteiger partial charge in [-0.05, 0) is 24.6 Å². The summed E-state index contributed by atoms with van der Waals surface area (Å²) in [7, 11) is 1.64. The van der Waals surface area contributed by atoms with Crippen LogP contribution in [-0.4, -0.2) is 38.3 Å². The van der Waals surface area contributed by atoms with Crippen molar-refractivity contribution in [2.75, 3.05) is 33.4 Å². The topological polar surface area (TPSA) is 45.5 Å². The van der Waals surface area contributed by atoms with Gasteiger partial charge in [0.05, 0.1) is 26.4 Å². The van der Waals surface area contributed by atoms with Crippen LogP contribution < -0.4 is 4.74 Å². The zero-order valence-electron chi connectivity index (χ0n) is 10.8. The van der Waals surface area contributed by atoms with Crippen LogP contribution in [0.5, 0.6) is 5.75 Å². The minimum Gasteiger partial charge on any atom is -0.497 e. The Morgan fingerprint density at radius 2 is 2.11 bits per heavy atom. The summed E-state index contributed by atoms with van der Waals surface area (Å²) in [5.41, 5.74) is 0.337. The summed E-state index contributed by atoms with van der Waals surface area (Å²) >= 11 is 0. The van der Waals surface area contributed by atoms with E-state index in [1.165, 1.54) is 0 Å². The van der Waals surface area contributed by atoms with E-state index < -0.39 is 5.54 Å². The second-order valence-electron chi connectivity index (χ2n) is 4.52. The molecule has 0 aliphatic carbocycles. The Bertz CT molecular complexity index is 449. The number of hydrogen-bond acceptors (Lipinski definition) is 4. The quantitative estimate of drug-likeness (QED) is 0.815. The standard InChI is InChI=1S/C14H18N2O2/c1-14(11-15,16-6-8-18-9-7-16)12-4-3-5-13(10-12)17-2/h3-5,10H,6-9H2,1-2H3. The lowest BCUT2D eigenvalue weighted by atomic mass is 9.91. The van der Waals surface area contributed by atoms with Crippen molar-refractivity contribution in [2.45, 2.75) is 12.5 Å². The van der Waals surface area contributed by atoms with Gasteiger partial charge < -0.3 is 9.47 Å². The Labute approximate surface area is 108 Å². The van der Waals surface area contributed by atoms with E-state index in [1.54, 1.807) is 7.11 Å². The van der Waals surface area contributed by atoms with E-state index in [0.717, 1.165) is 24.4 Å². The third kappa shape index (κ3) is 2.33. The molecule has 2 rings (SSSR count). The second-order valence-corrected chi connectivity index (χ2v) is 4.52. The van der Waals surface area contributed by atoms with Crippen molar-refractivity contribution in [3.8, 4) is 11.8 Å². The molecule has 0 saturated carbocycles. The highest BCUT2D eigenvalue weighted by Crippen LogP contribution is 2.30. The van der Waals surface area contributed by atoms with Gasteiger partial charge in [-0.2, -0.15) is 5.26 Å². The molecule has 0 bridgehead atoms. The van der Waals surface area contributed by atoms with Gasteiger partial charge in [0.15, 0.2) is 0 Å². The van der Waals surface area contributed by atoms with Crippen LogP contribution >= 0.6 is 0 Å². The number of morpholine rings is 1. The lowest BCUT2D eigenvalue weighted by Gasteiger charge is -2.38. The molecule has 1 aliphatic heterocycles. The van der Waals surface area contributed by atoms with Crippen molar-refractivity contribution in [1.82, 2.24) is 4.90 Å². The van der Waals surface area contributed by atoms with Crippen LogP contribution in [0.4, 0.5) is 0 Å². The molecule has 4 nitrogen and oxygen atoms in total. The average Bonchev–Trinajstić information content (AvgIpc) is 2.47. The van der Waals surface area contributed by atoms with Gasteiger partial charge in [-0.1, -0.05) is 12.1 Å². The van der Waals surface area contributed by atoms with Crippen molar-refractivity contribution in [2.24, 2.45) is 0 Å². The molecule has 1 unspecified atom stereocenters. The molecule has 1 aromatic rings. The van der Waals surface area contributed by atoms with E-state index in [1.807, 2.05) is 31.2 Å². The summed E-state index contributed by atoms with van der Waals surface area (Å²) < 4.78 is 10.6. The van der Waals surface area contributed by atoms with E-state index in [2.05, 4.69) is 11.0 Å². The maximum absolute atomic E-state index is 9.58. The molecular weight excluding hydrogens is 228 g/mol. The Hall–Kier alpha value is -1.57. The predicted octanol–water partition coefficient (Wildman–Crippen LogP) is 1.77. The fraction of sp³-hybridized carbons (Fsp3) is 0.500. The number of methoxy groups -OCH3 is 1. The summed E-state index contributed by atoms with van der Waals surface area (Å²) in [5, 5.41) is 9.58. The SMILES string of the molecule is COc1cccc(C(C)(C#N)N2CCOCC2)c1. The van der Waals surface area contributed by atoms with Crippen molar-refractivity contribution in [3.63, 3.8) is 0 Å². The van der Waals surface area contributed by atoms with E-state index in [4.69, 9.17) is 9.47 Å². The normalized spacial score (nSPS) is 19.8. The first-order chi connectivity index (χ1) is 8.70. The third-order valence-corrected chi connectivity index (χ3v) is 3.49. The smallest absolute Gasteiger partial charge is 0.132 e. The van der Waals surface area contributed by atoms with E-state index >= 15 is 0 Å². The second kappa shape index (κ2) is 5.38. The van der Waals surface area contributed by atoms with Gasteiger partial charge in [-0.15, -0.1) is 0 Å². The van der Waals surface area contributed by atoms with Crippen LogP contribution in [-0.2, 0) is 10.3 Å². The number of ether oxygens (including phenoxy) is 2. The molecule has 0 spiro atoms. The number of benzene rings is 1. The molecule has 1 saturated heterocycles. The molecule has 0 radical (unpaired) electrons. The van der Waals surface area contributed by atoms with E-state index in [9.17, 15) is 5.26 Å². The lowest BCUT2D eigenvalue weighted by molar-refractivity contribution is 0.000397. The van der Waals surface area contributed by atoms with Crippen LogP contribution in [0.1, 0.15) is 12.5 Å². The Balaban J connectivity index is 2.33. The summed E-state index contributed by atoms with van der Waals surface area (Å²) in [4.78, 5) is 2.16. The van der Waals surface area contributed by atoms with Crippen LogP contribution in [0.2, 0.25) is 0 Å². The minimum atomic E-state index is -0.627. The molecule has 0 aromatic heterocycles. The Morgan fingerprint density at radius 3 is 2.72 bits per heavy atom. The highest BCUT2D eigenvalue weighted by molar-refractivity contribution is 5.37. The first-order valence-electron chi connectivity index (χ1n) is 6.09. The fourth-order valence-corrected chi connectivity index (χ4v) is 2.25. The zero-order valence-corrected chi connectivity index (χ0v) is 10.8. The molecular formula is C14H18N2O2. The Kier molecular flexibility index (Phi) is 3.85. The van der Waals surface area contributed by atoms with Gasteiger partial charge in [0, 0.05) is 13.1 Å². The third-order valence-electron chi connectivity index (χ3n) is 3.49. The van der Waals surface area contributed by atoms with Crippen LogP contribution in [0.25, 0.3) is 0 Å². The van der Waals surface area contributed by atoms with Crippen molar-refractivity contribution < 1.29 is 9.47 Å². The van der Waals surface area contributed by atoms with Gasteiger partial charge in [0.1, 0.15) is 11.3 Å². The van der Waals surface area contributed by atoms with Gasteiger partial charge in [-0.25, -0.2) is 0 Å². The molecule has 0 N–H and O–H groups in total. The van der Waals surface area contributed by atoms with Gasteiger partial charge in [0.25, 0.3) is 0 Å². The first-order valence-corrected chi connectivity index (χ1v) is 6.09. The van der Waals surface area contributed by atoms with Crippen LogP contribution in [0.15, 0.2) is 24.3 Å². The maximum atomic E-state index is 9.58. The summed E-state index contributed by atoms with van der Waals surface area (Å²) in [6.45, 7) is 4.87. The lowest BCUT2D eigenvalue weighted by Crippen LogP contribution is -2.48. The largest absolute Gasteiger partial charge is 0.497 e. The number of nitrogens with zero attached hydrogens (tertiary/aromatic N) is 2. The first kappa shape index (κ1) is 12.9. The number of rotatable bonds is 3. The minimum absolute atomic E-state index is 0.627. The molecule has 1 aromatic carbocycles. The highest BCUT2D eigenvalue weighted by Gasteiger charge is 2.35. The van der Waals surface area contributed by atoms with Gasteiger partial charge in [-0.3, -0.25) is 4.90 Å². The summed E-state index contributed by atoms with van der Waals surface area (Å²) in [6, 6.07) is 10.1. The maximum Gasteiger partial charge on any atom is 0.132 e. The highest BCUT2D eigenvalue weighted by atomic mass is 16.5. The molecule has 18 heavy (non-hydrogen) atoms. The van der Waals surface area contributed by atoms with Gasteiger partial charge >= 0.3 is 0 Å². The summed E-state index contributed by atoms with van der Waals surface area (Å²) in [6.07, 6.45) is 0. The Morgan fingerprint density at radius 1 is 1.39 bits per heavy atom. The number of hydrogen-bond donors (Lipinski definition) is 0. The van der Waals surface area contributed by atoms with Crippen molar-refractivity contribution >= 4 is 0 Å². The molecule has 1 fully saturated rings. The van der Waals surface area contributed by atoms with Crippen molar-refractivity contribution in [1.29, 1.82) is 5.26 Å². The molecule has 1 atom stereocenters.